The first-order chi connectivity index (χ1) is 24.4. The molecule has 2 aromatic heterocycles. The smallest absolute Gasteiger partial charge is 0.416 e. The summed E-state index contributed by atoms with van der Waals surface area (Å²) in [6, 6.07) is 7.75. The Hall–Kier alpha value is -6.06. The number of rotatable bonds is 12. The summed E-state index contributed by atoms with van der Waals surface area (Å²) in [4.78, 5) is 65.2. The summed E-state index contributed by atoms with van der Waals surface area (Å²) in [6.07, 6.45) is 4.17. The highest BCUT2D eigenvalue weighted by Crippen LogP contribution is 2.32. The second-order valence-corrected chi connectivity index (χ2v) is 11.7. The topological polar surface area (TPSA) is 161 Å². The molecule has 2 aromatic carbocycles. The van der Waals surface area contributed by atoms with Crippen LogP contribution in [0.25, 0.3) is 10.9 Å². The average molecular weight is 710 g/mol. The number of anilines is 1. The number of halogens is 3. The molecule has 1 fully saturated rings. The van der Waals surface area contributed by atoms with Gasteiger partial charge in [0.25, 0.3) is 5.56 Å². The monoisotopic (exact) mass is 709 g/mol. The lowest BCUT2D eigenvalue weighted by Gasteiger charge is -2.17. The summed E-state index contributed by atoms with van der Waals surface area (Å²) >= 11 is 0. The van der Waals surface area contributed by atoms with E-state index in [-0.39, 0.29) is 58.9 Å². The van der Waals surface area contributed by atoms with E-state index >= 15 is 0 Å². The molecule has 3 amide bonds. The van der Waals surface area contributed by atoms with Crippen LogP contribution in [-0.4, -0.2) is 69.4 Å². The van der Waals surface area contributed by atoms with Gasteiger partial charge in [-0.3, -0.25) is 14.4 Å². The third kappa shape index (κ3) is 8.76. The molecule has 1 aliphatic heterocycles. The Labute approximate surface area is 288 Å². The maximum absolute atomic E-state index is 14.6. The van der Waals surface area contributed by atoms with Crippen LogP contribution in [0.4, 0.5) is 28.4 Å². The van der Waals surface area contributed by atoms with Crippen LogP contribution in [0, 0.1) is 17.5 Å². The van der Waals surface area contributed by atoms with Gasteiger partial charge in [0, 0.05) is 42.4 Å². The molecule has 1 saturated heterocycles. The zero-order valence-corrected chi connectivity index (χ0v) is 27.4. The van der Waals surface area contributed by atoms with Crippen molar-refractivity contribution in [2.75, 3.05) is 25.5 Å². The van der Waals surface area contributed by atoms with Crippen molar-refractivity contribution in [3.63, 3.8) is 0 Å². The van der Waals surface area contributed by atoms with Crippen LogP contribution in [0.5, 0.6) is 5.75 Å². The molecular weight excluding hydrogens is 675 g/mol. The highest BCUT2D eigenvalue weighted by Gasteiger charge is 2.24. The van der Waals surface area contributed by atoms with Crippen LogP contribution < -0.4 is 20.9 Å². The van der Waals surface area contributed by atoms with E-state index in [1.165, 1.54) is 30.5 Å². The molecule has 4 aromatic rings. The van der Waals surface area contributed by atoms with Crippen molar-refractivity contribution in [2.24, 2.45) is 0 Å². The summed E-state index contributed by atoms with van der Waals surface area (Å²) in [5.74, 6) is -3.62. The number of pyridine rings is 1. The van der Waals surface area contributed by atoms with Gasteiger partial charge in [-0.05, 0) is 68.2 Å². The first kappa shape index (κ1) is 36.2. The molecule has 0 bridgehead atoms. The predicted octanol–water partition coefficient (Wildman–Crippen LogP) is 5.00. The van der Waals surface area contributed by atoms with Gasteiger partial charge in [0.1, 0.15) is 47.1 Å². The Bertz CT molecular complexity index is 2050. The maximum atomic E-state index is 14.6. The number of carbonyl (C=O) groups is 4. The van der Waals surface area contributed by atoms with Crippen LogP contribution in [0.1, 0.15) is 36.9 Å². The van der Waals surface area contributed by atoms with E-state index in [0.717, 1.165) is 53.4 Å². The van der Waals surface area contributed by atoms with E-state index in [9.17, 15) is 42.3 Å². The molecule has 1 unspecified atom stereocenters. The van der Waals surface area contributed by atoms with Crippen molar-refractivity contribution in [3.05, 3.63) is 106 Å². The number of nitrogens with one attached hydrogen (secondary N) is 2. The first-order valence-corrected chi connectivity index (χ1v) is 15.9. The summed E-state index contributed by atoms with van der Waals surface area (Å²) in [5, 5.41) is 15.2. The Morgan fingerprint density at radius 1 is 1.02 bits per heavy atom. The number of amides is 3. The summed E-state index contributed by atoms with van der Waals surface area (Å²) < 4.78 is 54.3. The lowest BCUT2D eigenvalue weighted by molar-refractivity contribution is -0.125. The molecule has 0 radical (unpaired) electrons. The highest BCUT2D eigenvalue weighted by atomic mass is 19.1. The van der Waals surface area contributed by atoms with Gasteiger partial charge in [-0.1, -0.05) is 6.08 Å². The van der Waals surface area contributed by atoms with Gasteiger partial charge in [-0.2, -0.15) is 0 Å². The number of alkyl carbamates (subject to hydrolysis) is 1. The van der Waals surface area contributed by atoms with Gasteiger partial charge in [0.2, 0.25) is 11.8 Å². The van der Waals surface area contributed by atoms with Gasteiger partial charge >= 0.3 is 12.2 Å². The number of allylic oxidation sites excluding steroid dienone is 1. The molecule has 3 N–H and O–H groups in total. The van der Waals surface area contributed by atoms with E-state index in [4.69, 9.17) is 4.74 Å². The van der Waals surface area contributed by atoms with Crippen LogP contribution in [-0.2, 0) is 27.5 Å². The summed E-state index contributed by atoms with van der Waals surface area (Å²) in [7, 11) is 1.13. The molecule has 1 aliphatic rings. The number of nitrogens with zero attached hydrogens (tertiary/aromatic N) is 3. The molecule has 5 rings (SSSR count). The van der Waals surface area contributed by atoms with E-state index < -0.39 is 53.8 Å². The van der Waals surface area contributed by atoms with Crippen molar-refractivity contribution >= 4 is 40.6 Å². The minimum absolute atomic E-state index is 0.0204. The number of ether oxygens (including phenoxy) is 2. The zero-order chi connectivity index (χ0) is 36.7. The fraction of sp³-hybridized carbons (Fsp3) is 0.286. The zero-order valence-electron chi connectivity index (χ0n) is 27.4. The number of benzene rings is 2. The largest absolute Gasteiger partial charge is 0.486 e. The SMILES string of the molecule is COC(=O)NC(CC/C=C/C(=O)N1CCCC1)C(=O)Nc1cccn(Cc2cc3cc(F)cc(OCc4ccc(F)cc4F)c3n2C(=O)O)c1=O. The molecule has 16 heteroatoms. The number of carboxylic acid groups (broad SMARTS) is 1. The fourth-order valence-corrected chi connectivity index (χ4v) is 5.68. The van der Waals surface area contributed by atoms with Crippen LogP contribution in [0.15, 0.2) is 71.7 Å². The standard InChI is InChI=1S/C35H34F3N5O8/c1-50-34(47)40-27(7-2-3-9-30(44)41-12-4-5-13-41)32(45)39-28-8-6-14-42(33(28)46)19-25-16-22-15-24(37)18-29(31(22)43(25)35(48)49)51-20-21-10-11-23(36)17-26(21)38/h3,6,8-11,14-18,27H,2,4-5,7,12-13,19-20H2,1H3,(H,39,45)(H,40,47)(H,48,49)/b9-3+. The van der Waals surface area contributed by atoms with E-state index in [1.54, 1.807) is 11.0 Å². The molecular formula is C35H34F3N5O8. The molecule has 1 atom stereocenters. The van der Waals surface area contributed by atoms with Gasteiger partial charge in [0.15, 0.2) is 0 Å². The molecule has 0 aliphatic carbocycles. The van der Waals surface area contributed by atoms with Gasteiger partial charge in [-0.25, -0.2) is 27.3 Å². The Morgan fingerprint density at radius 2 is 1.78 bits per heavy atom. The van der Waals surface area contributed by atoms with E-state index in [2.05, 4.69) is 15.4 Å². The number of aromatic nitrogens is 2. The fourth-order valence-electron chi connectivity index (χ4n) is 5.68. The third-order valence-electron chi connectivity index (χ3n) is 8.20. The Balaban J connectivity index is 1.35. The van der Waals surface area contributed by atoms with Crippen LogP contribution in [0.3, 0.4) is 0 Å². The molecule has 3 heterocycles. The molecule has 51 heavy (non-hydrogen) atoms. The molecule has 13 nitrogen and oxygen atoms in total. The normalized spacial score (nSPS) is 13.4. The molecule has 0 spiro atoms. The van der Waals surface area contributed by atoms with Gasteiger partial charge in [0.05, 0.1) is 19.3 Å². The minimum atomic E-state index is -1.49. The lowest BCUT2D eigenvalue weighted by Crippen LogP contribution is -2.44. The lowest BCUT2D eigenvalue weighted by atomic mass is 10.1. The second kappa shape index (κ2) is 16.1. The van der Waals surface area contributed by atoms with Crippen molar-refractivity contribution in [1.82, 2.24) is 19.4 Å². The third-order valence-corrected chi connectivity index (χ3v) is 8.20. The van der Waals surface area contributed by atoms with Gasteiger partial charge < -0.3 is 34.7 Å². The van der Waals surface area contributed by atoms with Crippen LogP contribution >= 0.6 is 0 Å². The summed E-state index contributed by atoms with van der Waals surface area (Å²) in [6.45, 7) is 0.544. The van der Waals surface area contributed by atoms with Crippen LogP contribution in [0.2, 0.25) is 0 Å². The van der Waals surface area contributed by atoms with E-state index in [0.29, 0.717) is 19.2 Å². The van der Waals surface area contributed by atoms with Crippen molar-refractivity contribution < 1.29 is 46.9 Å². The number of fused-ring (bicyclic) bond motifs is 1. The second-order valence-electron chi connectivity index (χ2n) is 11.7. The number of hydrogen-bond acceptors (Lipinski definition) is 7. The molecule has 0 saturated carbocycles. The van der Waals surface area contributed by atoms with Crippen molar-refractivity contribution in [2.45, 2.75) is 44.9 Å². The van der Waals surface area contributed by atoms with Crippen molar-refractivity contribution in [3.8, 4) is 5.75 Å². The average Bonchev–Trinajstić information content (AvgIpc) is 3.76. The maximum Gasteiger partial charge on any atom is 0.416 e. The molecule has 268 valence electrons. The quantitative estimate of drug-likeness (QED) is 0.173. The number of carbonyl (C=O) groups excluding carboxylic acids is 3. The first-order valence-electron chi connectivity index (χ1n) is 15.9. The summed E-state index contributed by atoms with van der Waals surface area (Å²) in [5.41, 5.74) is -1.02. The van der Waals surface area contributed by atoms with Gasteiger partial charge in [-0.15, -0.1) is 0 Å². The Kier molecular flexibility index (Phi) is 11.4. The predicted molar refractivity (Wildman–Crippen MR) is 178 cm³/mol. The number of methoxy groups -OCH3 is 1. The number of likely N-dealkylation sites (tertiary alicyclic amines) is 1. The minimum Gasteiger partial charge on any atom is -0.486 e. The number of hydrogen-bond donors (Lipinski definition) is 3. The van der Waals surface area contributed by atoms with Crippen molar-refractivity contribution in [1.29, 1.82) is 0 Å². The highest BCUT2D eigenvalue weighted by molar-refractivity contribution is 5.96. The Morgan fingerprint density at radius 3 is 2.49 bits per heavy atom. The van der Waals surface area contributed by atoms with E-state index in [1.807, 2.05) is 0 Å².